The minimum Gasteiger partial charge on any atom is -0.487 e. The highest BCUT2D eigenvalue weighted by Crippen LogP contribution is 2.23. The van der Waals surface area contributed by atoms with Gasteiger partial charge in [0.1, 0.15) is 22.4 Å². The van der Waals surface area contributed by atoms with Crippen LogP contribution in [0.3, 0.4) is 0 Å². The van der Waals surface area contributed by atoms with Crippen molar-refractivity contribution in [3.8, 4) is 5.75 Å². The van der Waals surface area contributed by atoms with Gasteiger partial charge in [0, 0.05) is 17.2 Å². The van der Waals surface area contributed by atoms with Crippen molar-refractivity contribution in [2.45, 2.75) is 13.5 Å². The average molecular weight is 256 g/mol. The van der Waals surface area contributed by atoms with Gasteiger partial charge in [0.05, 0.1) is 0 Å². The van der Waals surface area contributed by atoms with Gasteiger partial charge in [0.2, 0.25) is 0 Å². The van der Waals surface area contributed by atoms with Crippen LogP contribution in [0.1, 0.15) is 11.3 Å². The van der Waals surface area contributed by atoms with Crippen LogP contribution in [0.4, 0.5) is 5.69 Å². The van der Waals surface area contributed by atoms with Crippen molar-refractivity contribution in [3.05, 3.63) is 33.8 Å². The topological polar surface area (TPSA) is 61.0 Å². The highest BCUT2D eigenvalue weighted by molar-refractivity contribution is 7.10. The van der Waals surface area contributed by atoms with E-state index in [4.69, 9.17) is 22.1 Å². The Balaban J connectivity index is 2.08. The smallest absolute Gasteiger partial charge is 0.141 e. The molecule has 84 valence electrons. The first-order valence-corrected chi connectivity index (χ1v) is 5.77. The number of anilines is 1. The monoisotopic (exact) mass is 255 g/mol. The summed E-state index contributed by atoms with van der Waals surface area (Å²) in [4.78, 5) is 0. The average Bonchev–Trinajstić information content (AvgIpc) is 2.63. The second-order valence-corrected chi connectivity index (χ2v) is 4.66. The van der Waals surface area contributed by atoms with E-state index in [-0.39, 0.29) is 0 Å². The molecule has 0 radical (unpaired) electrons. The van der Waals surface area contributed by atoms with Gasteiger partial charge in [-0.2, -0.15) is 0 Å². The first-order chi connectivity index (χ1) is 7.66. The quantitative estimate of drug-likeness (QED) is 0.857. The number of nitrogens with zero attached hydrogens (tertiary/aromatic N) is 2. The van der Waals surface area contributed by atoms with Gasteiger partial charge in [-0.3, -0.25) is 0 Å². The molecular formula is C10H10ClN3OS. The summed E-state index contributed by atoms with van der Waals surface area (Å²) in [6, 6.07) is 5.48. The fourth-order valence-corrected chi connectivity index (χ4v) is 1.86. The van der Waals surface area contributed by atoms with Crippen LogP contribution in [0.25, 0.3) is 0 Å². The van der Waals surface area contributed by atoms with E-state index in [9.17, 15) is 0 Å². The lowest BCUT2D eigenvalue weighted by Gasteiger charge is -2.08. The van der Waals surface area contributed by atoms with E-state index in [2.05, 4.69) is 9.59 Å². The maximum Gasteiger partial charge on any atom is 0.141 e. The first-order valence-electron chi connectivity index (χ1n) is 4.62. The number of aromatic nitrogens is 2. The molecule has 4 nitrogen and oxygen atoms in total. The molecule has 0 aliphatic carbocycles. The van der Waals surface area contributed by atoms with Gasteiger partial charge in [-0.25, -0.2) is 0 Å². The van der Waals surface area contributed by atoms with Crippen molar-refractivity contribution in [2.75, 3.05) is 5.73 Å². The summed E-state index contributed by atoms with van der Waals surface area (Å²) >= 11 is 7.02. The van der Waals surface area contributed by atoms with E-state index in [1.165, 1.54) is 0 Å². The predicted molar refractivity (Wildman–Crippen MR) is 64.8 cm³/mol. The van der Waals surface area contributed by atoms with Crippen LogP contribution in [0.5, 0.6) is 5.75 Å². The molecule has 2 N–H and O–H groups in total. The Morgan fingerprint density at radius 2 is 2.31 bits per heavy atom. The van der Waals surface area contributed by atoms with E-state index in [0.29, 0.717) is 16.6 Å². The zero-order valence-corrected chi connectivity index (χ0v) is 10.2. The van der Waals surface area contributed by atoms with E-state index >= 15 is 0 Å². The molecule has 0 unspecified atom stereocenters. The van der Waals surface area contributed by atoms with E-state index in [0.717, 1.165) is 28.5 Å². The lowest BCUT2D eigenvalue weighted by Crippen LogP contribution is -1.98. The summed E-state index contributed by atoms with van der Waals surface area (Å²) in [6.07, 6.45) is 0. The van der Waals surface area contributed by atoms with Gasteiger partial charge in [0.25, 0.3) is 0 Å². The number of hydrogen-bond acceptors (Lipinski definition) is 5. The largest absolute Gasteiger partial charge is 0.487 e. The Kier molecular flexibility index (Phi) is 3.26. The maximum atomic E-state index is 5.86. The van der Waals surface area contributed by atoms with Gasteiger partial charge in [0.15, 0.2) is 0 Å². The Bertz CT molecular complexity index is 501. The molecule has 0 bridgehead atoms. The Hall–Kier alpha value is -1.33. The number of aryl methyl sites for hydroxylation is 1. The molecule has 1 aromatic carbocycles. The van der Waals surface area contributed by atoms with Gasteiger partial charge < -0.3 is 10.5 Å². The lowest BCUT2D eigenvalue weighted by molar-refractivity contribution is 0.299. The third-order valence-electron chi connectivity index (χ3n) is 2.07. The standard InChI is InChI=1S/C10H10ClN3OS/c1-6-4-7(12)2-3-9(6)15-5-8-10(11)16-14-13-8/h2-4H,5,12H2,1H3. The zero-order chi connectivity index (χ0) is 11.5. The zero-order valence-electron chi connectivity index (χ0n) is 8.61. The number of ether oxygens (including phenoxy) is 1. The normalized spacial score (nSPS) is 10.4. The minimum atomic E-state index is 0.320. The summed E-state index contributed by atoms with van der Waals surface area (Å²) in [6.45, 7) is 2.26. The van der Waals surface area contributed by atoms with Crippen molar-refractivity contribution in [3.63, 3.8) is 0 Å². The number of nitrogen functional groups attached to an aromatic ring is 1. The molecule has 2 aromatic rings. The van der Waals surface area contributed by atoms with Crippen LogP contribution in [0, 0.1) is 6.92 Å². The molecule has 0 spiro atoms. The summed E-state index contributed by atoms with van der Waals surface area (Å²) < 4.78 is 9.87. The maximum absolute atomic E-state index is 5.86. The van der Waals surface area contributed by atoms with Crippen molar-refractivity contribution in [1.82, 2.24) is 9.59 Å². The number of halogens is 1. The summed E-state index contributed by atoms with van der Waals surface area (Å²) in [5, 5.41) is 3.86. The molecule has 1 heterocycles. The van der Waals surface area contributed by atoms with Gasteiger partial charge >= 0.3 is 0 Å². The molecule has 0 saturated heterocycles. The fourth-order valence-electron chi connectivity index (χ4n) is 1.26. The number of rotatable bonds is 3. The number of nitrogens with two attached hydrogens (primary N) is 1. The molecule has 0 aliphatic rings. The highest BCUT2D eigenvalue weighted by Gasteiger charge is 2.07. The van der Waals surface area contributed by atoms with Gasteiger partial charge in [-0.1, -0.05) is 16.1 Å². The molecule has 6 heteroatoms. The second-order valence-electron chi connectivity index (χ2n) is 3.31. The summed E-state index contributed by atoms with van der Waals surface area (Å²) in [5.41, 5.74) is 8.01. The summed E-state index contributed by atoms with van der Waals surface area (Å²) in [5.74, 6) is 0.776. The van der Waals surface area contributed by atoms with E-state index < -0.39 is 0 Å². The van der Waals surface area contributed by atoms with Crippen LogP contribution in [0.15, 0.2) is 18.2 Å². The molecule has 16 heavy (non-hydrogen) atoms. The predicted octanol–water partition coefficient (Wildman–Crippen LogP) is 2.66. The van der Waals surface area contributed by atoms with Crippen LogP contribution in [-0.4, -0.2) is 9.59 Å². The van der Waals surface area contributed by atoms with Crippen molar-refractivity contribution in [2.24, 2.45) is 0 Å². The molecule has 1 aromatic heterocycles. The SMILES string of the molecule is Cc1cc(N)ccc1OCc1nnsc1Cl. The molecule has 0 fully saturated rings. The van der Waals surface area contributed by atoms with Crippen molar-refractivity contribution >= 4 is 28.8 Å². The van der Waals surface area contributed by atoms with Crippen molar-refractivity contribution < 1.29 is 4.74 Å². The second kappa shape index (κ2) is 4.67. The molecule has 0 amide bonds. The fraction of sp³-hybridized carbons (Fsp3) is 0.200. The Morgan fingerprint density at radius 1 is 1.50 bits per heavy atom. The number of hydrogen-bond donors (Lipinski definition) is 1. The Labute approximate surface area is 102 Å². The molecular weight excluding hydrogens is 246 g/mol. The van der Waals surface area contributed by atoms with Crippen molar-refractivity contribution in [1.29, 1.82) is 0 Å². The number of benzene rings is 1. The van der Waals surface area contributed by atoms with Gasteiger partial charge in [-0.15, -0.1) is 5.10 Å². The van der Waals surface area contributed by atoms with Gasteiger partial charge in [-0.05, 0) is 30.7 Å². The van der Waals surface area contributed by atoms with E-state index in [1.54, 1.807) is 6.07 Å². The molecule has 0 aliphatic heterocycles. The van der Waals surface area contributed by atoms with Crippen LogP contribution >= 0.6 is 23.1 Å². The molecule has 0 atom stereocenters. The minimum absolute atomic E-state index is 0.320. The molecule has 2 rings (SSSR count). The first kappa shape index (κ1) is 11.2. The van der Waals surface area contributed by atoms with Crippen LogP contribution < -0.4 is 10.5 Å². The third kappa shape index (κ3) is 2.43. The van der Waals surface area contributed by atoms with Crippen LogP contribution in [0.2, 0.25) is 4.34 Å². The molecule has 0 saturated carbocycles. The van der Waals surface area contributed by atoms with E-state index in [1.807, 2.05) is 19.1 Å². The summed E-state index contributed by atoms with van der Waals surface area (Å²) in [7, 11) is 0. The van der Waals surface area contributed by atoms with Crippen LogP contribution in [-0.2, 0) is 6.61 Å². The Morgan fingerprint density at radius 3 is 2.94 bits per heavy atom. The highest BCUT2D eigenvalue weighted by atomic mass is 35.5. The lowest BCUT2D eigenvalue weighted by atomic mass is 10.2. The third-order valence-corrected chi connectivity index (χ3v) is 3.06.